The zero-order valence-corrected chi connectivity index (χ0v) is 9.47. The maximum absolute atomic E-state index is 14.0. The third kappa shape index (κ3) is 3.18. The minimum atomic E-state index is -0.802. The van der Waals surface area contributed by atoms with Crippen LogP contribution < -0.4 is 5.32 Å². The van der Waals surface area contributed by atoms with Gasteiger partial charge in [0, 0.05) is 12.5 Å². The molecule has 1 aromatic carbocycles. The van der Waals surface area contributed by atoms with Crippen molar-refractivity contribution in [2.75, 3.05) is 13.1 Å². The van der Waals surface area contributed by atoms with Gasteiger partial charge >= 0.3 is 0 Å². The third-order valence-corrected chi connectivity index (χ3v) is 2.87. The first-order valence-electron chi connectivity index (χ1n) is 5.27. The number of nitrogens with one attached hydrogen (secondary N) is 1. The topological polar surface area (TPSA) is 12.0 Å². The Morgan fingerprint density at radius 1 is 1.27 bits per heavy atom. The van der Waals surface area contributed by atoms with Crippen molar-refractivity contribution < 1.29 is 4.39 Å². The van der Waals surface area contributed by atoms with Crippen molar-refractivity contribution in [2.24, 2.45) is 5.92 Å². The maximum Gasteiger partial charge on any atom is 0.129 e. The standard InChI is InChI=1S/C12H16FN.ClH/c13-12(10-5-2-1-3-6-10)11-7-4-8-14-9-11;/h1-3,5-6,11-12,14H,4,7-9H2;1H. The molecular formula is C12H17ClFN. The predicted octanol–water partition coefficient (Wildman–Crippen LogP) is 3.12. The van der Waals surface area contributed by atoms with E-state index >= 15 is 0 Å². The summed E-state index contributed by atoms with van der Waals surface area (Å²) in [5.74, 6) is 0.158. The van der Waals surface area contributed by atoms with Gasteiger partial charge in [0.05, 0.1) is 0 Å². The van der Waals surface area contributed by atoms with Crippen molar-refractivity contribution in [3.05, 3.63) is 35.9 Å². The predicted molar refractivity (Wildman–Crippen MR) is 63.1 cm³/mol. The molecule has 1 N–H and O–H groups in total. The van der Waals surface area contributed by atoms with Gasteiger partial charge in [-0.15, -0.1) is 12.4 Å². The molecule has 0 aromatic heterocycles. The van der Waals surface area contributed by atoms with E-state index in [1.54, 1.807) is 0 Å². The Bertz CT molecular complexity index is 272. The molecule has 15 heavy (non-hydrogen) atoms. The summed E-state index contributed by atoms with van der Waals surface area (Å²) in [6.07, 6.45) is 1.30. The molecule has 2 rings (SSSR count). The van der Waals surface area contributed by atoms with Crippen LogP contribution in [0.1, 0.15) is 24.6 Å². The molecule has 0 bridgehead atoms. The van der Waals surface area contributed by atoms with E-state index in [2.05, 4.69) is 5.32 Å². The largest absolute Gasteiger partial charge is 0.316 e. The van der Waals surface area contributed by atoms with Gasteiger partial charge in [-0.2, -0.15) is 0 Å². The van der Waals surface area contributed by atoms with E-state index in [9.17, 15) is 4.39 Å². The number of halogens is 2. The molecule has 1 saturated heterocycles. The van der Waals surface area contributed by atoms with Gasteiger partial charge < -0.3 is 5.32 Å². The second-order valence-electron chi connectivity index (χ2n) is 3.92. The summed E-state index contributed by atoms with van der Waals surface area (Å²) in [4.78, 5) is 0. The van der Waals surface area contributed by atoms with Gasteiger partial charge in [-0.05, 0) is 24.9 Å². The first kappa shape index (κ1) is 12.5. The first-order valence-corrected chi connectivity index (χ1v) is 5.27. The second-order valence-corrected chi connectivity index (χ2v) is 3.92. The van der Waals surface area contributed by atoms with E-state index in [-0.39, 0.29) is 18.3 Å². The Morgan fingerprint density at radius 2 is 2.00 bits per heavy atom. The highest BCUT2D eigenvalue weighted by Crippen LogP contribution is 2.30. The van der Waals surface area contributed by atoms with Gasteiger partial charge in [-0.1, -0.05) is 30.3 Å². The summed E-state index contributed by atoms with van der Waals surface area (Å²) >= 11 is 0. The average molecular weight is 230 g/mol. The molecule has 1 heterocycles. The monoisotopic (exact) mass is 229 g/mol. The number of hydrogen-bond acceptors (Lipinski definition) is 1. The van der Waals surface area contributed by atoms with Crippen molar-refractivity contribution >= 4 is 12.4 Å². The van der Waals surface area contributed by atoms with E-state index in [4.69, 9.17) is 0 Å². The zero-order chi connectivity index (χ0) is 9.80. The minimum Gasteiger partial charge on any atom is -0.316 e. The number of rotatable bonds is 2. The van der Waals surface area contributed by atoms with Crippen molar-refractivity contribution in [3.8, 4) is 0 Å². The molecule has 0 amide bonds. The minimum absolute atomic E-state index is 0. The second kappa shape index (κ2) is 6.09. The van der Waals surface area contributed by atoms with Gasteiger partial charge in [0.15, 0.2) is 0 Å². The fraction of sp³-hybridized carbons (Fsp3) is 0.500. The van der Waals surface area contributed by atoms with Crippen LogP contribution in [0.4, 0.5) is 4.39 Å². The van der Waals surface area contributed by atoms with Crippen molar-refractivity contribution in [1.29, 1.82) is 0 Å². The smallest absolute Gasteiger partial charge is 0.129 e. The highest BCUT2D eigenvalue weighted by Gasteiger charge is 2.23. The normalized spacial score (nSPS) is 22.9. The Morgan fingerprint density at radius 3 is 2.60 bits per heavy atom. The molecular weight excluding hydrogens is 213 g/mol. The lowest BCUT2D eigenvalue weighted by atomic mass is 9.90. The molecule has 2 atom stereocenters. The summed E-state index contributed by atoms with van der Waals surface area (Å²) in [5, 5.41) is 3.25. The molecule has 0 radical (unpaired) electrons. The van der Waals surface area contributed by atoms with Crippen LogP contribution in [0.15, 0.2) is 30.3 Å². The molecule has 1 aliphatic heterocycles. The molecule has 1 aromatic rings. The Kier molecular flexibility index (Phi) is 5.06. The van der Waals surface area contributed by atoms with E-state index in [1.165, 1.54) is 0 Å². The van der Waals surface area contributed by atoms with Gasteiger partial charge in [-0.25, -0.2) is 4.39 Å². The lowest BCUT2D eigenvalue weighted by molar-refractivity contribution is 0.194. The molecule has 1 fully saturated rings. The van der Waals surface area contributed by atoms with E-state index in [1.807, 2.05) is 30.3 Å². The Labute approximate surface area is 96.5 Å². The van der Waals surface area contributed by atoms with Crippen LogP contribution in [0.2, 0.25) is 0 Å². The maximum atomic E-state index is 14.0. The lowest BCUT2D eigenvalue weighted by Crippen LogP contribution is -2.32. The van der Waals surface area contributed by atoms with Gasteiger partial charge in [0.2, 0.25) is 0 Å². The number of alkyl halides is 1. The van der Waals surface area contributed by atoms with Crippen molar-refractivity contribution in [2.45, 2.75) is 19.0 Å². The van der Waals surface area contributed by atoms with E-state index < -0.39 is 6.17 Å². The zero-order valence-electron chi connectivity index (χ0n) is 8.66. The highest BCUT2D eigenvalue weighted by atomic mass is 35.5. The first-order chi connectivity index (χ1) is 6.88. The van der Waals surface area contributed by atoms with E-state index in [0.29, 0.717) is 0 Å². The molecule has 84 valence electrons. The summed E-state index contributed by atoms with van der Waals surface area (Å²) in [6, 6.07) is 9.48. The van der Waals surface area contributed by atoms with Crippen molar-refractivity contribution in [3.63, 3.8) is 0 Å². The van der Waals surface area contributed by atoms with Crippen LogP contribution in [0.5, 0.6) is 0 Å². The molecule has 0 aliphatic carbocycles. The molecule has 3 heteroatoms. The summed E-state index contributed by atoms with van der Waals surface area (Å²) in [5.41, 5.74) is 0.821. The van der Waals surface area contributed by atoms with Crippen LogP contribution in [-0.2, 0) is 0 Å². The molecule has 1 nitrogen and oxygen atoms in total. The number of benzene rings is 1. The lowest BCUT2D eigenvalue weighted by Gasteiger charge is -2.25. The number of hydrogen-bond donors (Lipinski definition) is 1. The molecule has 0 spiro atoms. The fourth-order valence-corrected chi connectivity index (χ4v) is 2.04. The molecule has 2 unspecified atom stereocenters. The van der Waals surface area contributed by atoms with Crippen LogP contribution >= 0.6 is 12.4 Å². The van der Waals surface area contributed by atoms with Gasteiger partial charge in [0.25, 0.3) is 0 Å². The average Bonchev–Trinajstić information content (AvgIpc) is 2.30. The van der Waals surface area contributed by atoms with Crippen LogP contribution in [0, 0.1) is 5.92 Å². The molecule has 0 saturated carbocycles. The summed E-state index contributed by atoms with van der Waals surface area (Å²) < 4.78 is 14.0. The third-order valence-electron chi connectivity index (χ3n) is 2.87. The van der Waals surface area contributed by atoms with Crippen LogP contribution in [0.25, 0.3) is 0 Å². The van der Waals surface area contributed by atoms with Crippen molar-refractivity contribution in [1.82, 2.24) is 5.32 Å². The van der Waals surface area contributed by atoms with Crippen LogP contribution in [-0.4, -0.2) is 13.1 Å². The molecule has 1 aliphatic rings. The van der Waals surface area contributed by atoms with Gasteiger partial charge in [0.1, 0.15) is 6.17 Å². The summed E-state index contributed by atoms with van der Waals surface area (Å²) in [6.45, 7) is 1.86. The Hall–Kier alpha value is -0.600. The number of piperidine rings is 1. The highest BCUT2D eigenvalue weighted by molar-refractivity contribution is 5.85. The van der Waals surface area contributed by atoms with E-state index in [0.717, 1.165) is 31.5 Å². The Balaban J connectivity index is 0.00000112. The fourth-order valence-electron chi connectivity index (χ4n) is 2.04. The van der Waals surface area contributed by atoms with Gasteiger partial charge in [-0.3, -0.25) is 0 Å². The van der Waals surface area contributed by atoms with Crippen LogP contribution in [0.3, 0.4) is 0 Å². The SMILES string of the molecule is Cl.FC(c1ccccc1)C1CCCNC1. The quantitative estimate of drug-likeness (QED) is 0.822. The summed E-state index contributed by atoms with van der Waals surface area (Å²) in [7, 11) is 0.